The van der Waals surface area contributed by atoms with Crippen molar-refractivity contribution in [1.29, 1.82) is 0 Å². The Morgan fingerprint density at radius 2 is 2.18 bits per heavy atom. The quantitative estimate of drug-likeness (QED) is 0.589. The van der Waals surface area contributed by atoms with Gasteiger partial charge in [0.15, 0.2) is 0 Å². The molecule has 0 saturated carbocycles. The summed E-state index contributed by atoms with van der Waals surface area (Å²) in [6, 6.07) is 0. The number of carbonyl (C=O) groups excluding carboxylic acids is 1. The minimum atomic E-state index is -0.387. The lowest BCUT2D eigenvalue weighted by Crippen LogP contribution is -2.29. The molecule has 66 valence electrons. The summed E-state index contributed by atoms with van der Waals surface area (Å²) in [5.41, 5.74) is 5.07. The maximum atomic E-state index is 10.6. The first-order chi connectivity index (χ1) is 5.22. The zero-order valence-corrected chi connectivity index (χ0v) is 7.30. The molecule has 3 heteroatoms. The second-order valence-corrected chi connectivity index (χ2v) is 2.62. The Morgan fingerprint density at radius 3 is 2.55 bits per heavy atom. The Balaban J connectivity index is 3.44. The summed E-state index contributed by atoms with van der Waals surface area (Å²) in [4.78, 5) is 10.6. The average molecular weight is 159 g/mol. The van der Waals surface area contributed by atoms with Gasteiger partial charge in [0, 0.05) is 7.11 Å². The molecule has 0 saturated heterocycles. The molecule has 0 radical (unpaired) electrons. The average Bonchev–Trinajstić information content (AvgIpc) is 1.97. The Labute approximate surface area is 67.9 Å². The molecule has 0 aliphatic heterocycles. The van der Waals surface area contributed by atoms with Gasteiger partial charge in [-0.05, 0) is 6.42 Å². The van der Waals surface area contributed by atoms with E-state index in [1.54, 1.807) is 0 Å². The topological polar surface area (TPSA) is 52.3 Å². The van der Waals surface area contributed by atoms with Crippen LogP contribution in [0.15, 0.2) is 0 Å². The van der Waals surface area contributed by atoms with Crippen LogP contribution in [0.1, 0.15) is 32.6 Å². The number of unbranched alkanes of at least 4 members (excludes halogenated alkanes) is 2. The maximum Gasteiger partial charge on any atom is 0.246 e. The van der Waals surface area contributed by atoms with Crippen LogP contribution < -0.4 is 5.73 Å². The van der Waals surface area contributed by atoms with Crippen LogP contribution in [0.25, 0.3) is 0 Å². The molecule has 0 aromatic rings. The number of primary amides is 1. The van der Waals surface area contributed by atoms with E-state index in [4.69, 9.17) is 10.5 Å². The van der Waals surface area contributed by atoms with E-state index in [0.717, 1.165) is 25.7 Å². The number of carbonyl (C=O) groups is 1. The van der Waals surface area contributed by atoms with Gasteiger partial charge >= 0.3 is 0 Å². The van der Waals surface area contributed by atoms with Gasteiger partial charge in [-0.15, -0.1) is 0 Å². The van der Waals surface area contributed by atoms with Gasteiger partial charge in [-0.3, -0.25) is 4.79 Å². The van der Waals surface area contributed by atoms with E-state index < -0.39 is 0 Å². The molecule has 0 spiro atoms. The molecule has 0 aromatic carbocycles. The third kappa shape index (κ3) is 4.79. The Hall–Kier alpha value is -0.570. The molecular weight excluding hydrogens is 142 g/mol. The SMILES string of the molecule is CCCCCC(OC)C(N)=O. The van der Waals surface area contributed by atoms with E-state index in [1.807, 2.05) is 0 Å². The van der Waals surface area contributed by atoms with Gasteiger partial charge in [0.25, 0.3) is 0 Å². The standard InChI is InChI=1S/C8H17NO2/c1-3-4-5-6-7(11-2)8(9)10/h7H,3-6H2,1-2H3,(H2,9,10). The first-order valence-electron chi connectivity index (χ1n) is 4.04. The molecule has 1 atom stereocenters. The third-order valence-corrected chi connectivity index (χ3v) is 1.67. The van der Waals surface area contributed by atoms with Crippen molar-refractivity contribution in [2.24, 2.45) is 5.73 Å². The van der Waals surface area contributed by atoms with Crippen molar-refractivity contribution in [2.45, 2.75) is 38.7 Å². The van der Waals surface area contributed by atoms with Gasteiger partial charge in [0.05, 0.1) is 0 Å². The van der Waals surface area contributed by atoms with Gasteiger partial charge in [0.1, 0.15) is 6.10 Å². The fourth-order valence-electron chi connectivity index (χ4n) is 0.956. The predicted octanol–water partition coefficient (Wildman–Crippen LogP) is 1.07. The number of rotatable bonds is 6. The van der Waals surface area contributed by atoms with Crippen molar-refractivity contribution in [3.05, 3.63) is 0 Å². The lowest BCUT2D eigenvalue weighted by Gasteiger charge is -2.09. The highest BCUT2D eigenvalue weighted by Crippen LogP contribution is 2.04. The molecular formula is C8H17NO2. The van der Waals surface area contributed by atoms with Crippen LogP contribution in [0.4, 0.5) is 0 Å². The lowest BCUT2D eigenvalue weighted by molar-refractivity contribution is -0.128. The van der Waals surface area contributed by atoms with E-state index in [1.165, 1.54) is 7.11 Å². The summed E-state index contributed by atoms with van der Waals surface area (Å²) in [6.45, 7) is 2.12. The summed E-state index contributed by atoms with van der Waals surface area (Å²) in [5, 5.41) is 0. The van der Waals surface area contributed by atoms with Gasteiger partial charge in [-0.2, -0.15) is 0 Å². The number of ether oxygens (including phenoxy) is 1. The van der Waals surface area contributed by atoms with Crippen LogP contribution in [0.2, 0.25) is 0 Å². The molecule has 11 heavy (non-hydrogen) atoms. The molecule has 0 bridgehead atoms. The van der Waals surface area contributed by atoms with Crippen molar-refractivity contribution >= 4 is 5.91 Å². The van der Waals surface area contributed by atoms with Crippen LogP contribution in [0, 0.1) is 0 Å². The first-order valence-corrected chi connectivity index (χ1v) is 4.04. The minimum Gasteiger partial charge on any atom is -0.372 e. The molecule has 0 aliphatic carbocycles. The highest BCUT2D eigenvalue weighted by Gasteiger charge is 2.12. The largest absolute Gasteiger partial charge is 0.372 e. The van der Waals surface area contributed by atoms with Crippen LogP contribution >= 0.6 is 0 Å². The van der Waals surface area contributed by atoms with Crippen LogP contribution in [0.3, 0.4) is 0 Å². The Bertz CT molecular complexity index is 115. The summed E-state index contributed by atoms with van der Waals surface area (Å²) < 4.78 is 4.88. The van der Waals surface area contributed by atoms with Crippen molar-refractivity contribution in [3.63, 3.8) is 0 Å². The normalized spacial score (nSPS) is 12.9. The molecule has 3 nitrogen and oxygen atoms in total. The van der Waals surface area contributed by atoms with Gasteiger partial charge in [-0.1, -0.05) is 26.2 Å². The van der Waals surface area contributed by atoms with Crippen molar-refractivity contribution in [2.75, 3.05) is 7.11 Å². The van der Waals surface area contributed by atoms with Gasteiger partial charge in [0.2, 0.25) is 5.91 Å². The minimum absolute atomic E-state index is 0.358. The molecule has 0 aromatic heterocycles. The smallest absolute Gasteiger partial charge is 0.246 e. The molecule has 0 aliphatic rings. The van der Waals surface area contributed by atoms with Crippen LogP contribution in [-0.4, -0.2) is 19.1 Å². The first kappa shape index (κ1) is 10.4. The summed E-state index contributed by atoms with van der Waals surface area (Å²) in [7, 11) is 1.52. The van der Waals surface area contributed by atoms with E-state index in [9.17, 15) is 4.79 Å². The number of methoxy groups -OCH3 is 1. The highest BCUT2D eigenvalue weighted by molar-refractivity contribution is 5.78. The Morgan fingerprint density at radius 1 is 1.55 bits per heavy atom. The molecule has 0 rings (SSSR count). The van der Waals surface area contributed by atoms with Gasteiger partial charge in [-0.25, -0.2) is 0 Å². The maximum absolute atomic E-state index is 10.6. The van der Waals surface area contributed by atoms with E-state index >= 15 is 0 Å². The molecule has 0 fully saturated rings. The summed E-state index contributed by atoms with van der Waals surface area (Å²) in [6.07, 6.45) is 3.65. The second-order valence-electron chi connectivity index (χ2n) is 2.62. The monoisotopic (exact) mass is 159 g/mol. The zero-order chi connectivity index (χ0) is 8.69. The van der Waals surface area contributed by atoms with Crippen molar-refractivity contribution < 1.29 is 9.53 Å². The predicted molar refractivity (Wildman–Crippen MR) is 44.1 cm³/mol. The second kappa shape index (κ2) is 6.16. The fourth-order valence-corrected chi connectivity index (χ4v) is 0.956. The molecule has 1 amide bonds. The fraction of sp³-hybridized carbons (Fsp3) is 0.875. The summed E-state index contributed by atoms with van der Waals surface area (Å²) in [5.74, 6) is -0.358. The van der Waals surface area contributed by atoms with E-state index in [-0.39, 0.29) is 12.0 Å². The van der Waals surface area contributed by atoms with Crippen molar-refractivity contribution in [1.82, 2.24) is 0 Å². The number of hydrogen-bond donors (Lipinski definition) is 1. The number of amides is 1. The zero-order valence-electron chi connectivity index (χ0n) is 7.30. The molecule has 2 N–H and O–H groups in total. The molecule has 1 unspecified atom stereocenters. The van der Waals surface area contributed by atoms with E-state index in [2.05, 4.69) is 6.92 Å². The molecule has 0 heterocycles. The highest BCUT2D eigenvalue weighted by atomic mass is 16.5. The number of nitrogens with two attached hydrogens (primary N) is 1. The number of hydrogen-bond acceptors (Lipinski definition) is 2. The van der Waals surface area contributed by atoms with Crippen LogP contribution in [0.5, 0.6) is 0 Å². The van der Waals surface area contributed by atoms with Gasteiger partial charge < -0.3 is 10.5 Å². The summed E-state index contributed by atoms with van der Waals surface area (Å²) >= 11 is 0. The van der Waals surface area contributed by atoms with Crippen LogP contribution in [-0.2, 0) is 9.53 Å². The lowest BCUT2D eigenvalue weighted by atomic mass is 10.1. The Kier molecular flexibility index (Phi) is 5.84. The van der Waals surface area contributed by atoms with Crippen molar-refractivity contribution in [3.8, 4) is 0 Å². The third-order valence-electron chi connectivity index (χ3n) is 1.67. The van der Waals surface area contributed by atoms with E-state index in [0.29, 0.717) is 0 Å².